The van der Waals surface area contributed by atoms with Crippen molar-refractivity contribution in [3.63, 3.8) is 0 Å². The van der Waals surface area contributed by atoms with Crippen molar-refractivity contribution in [2.45, 2.75) is 31.9 Å². The van der Waals surface area contributed by atoms with Crippen molar-refractivity contribution in [2.75, 3.05) is 13.2 Å². The van der Waals surface area contributed by atoms with Gasteiger partial charge in [0, 0.05) is 12.8 Å². The Morgan fingerprint density at radius 2 is 2.12 bits per heavy atom. The van der Waals surface area contributed by atoms with Crippen LogP contribution in [0.25, 0.3) is 0 Å². The van der Waals surface area contributed by atoms with Crippen molar-refractivity contribution in [2.24, 2.45) is 5.41 Å². The zero-order chi connectivity index (χ0) is 13.1. The van der Waals surface area contributed by atoms with E-state index in [0.717, 1.165) is 0 Å². The number of hydrogen-bond donors (Lipinski definition) is 1. The third-order valence-corrected chi connectivity index (χ3v) is 2.83. The van der Waals surface area contributed by atoms with Crippen LogP contribution in [0.3, 0.4) is 0 Å². The lowest BCUT2D eigenvalue weighted by molar-refractivity contribution is -0.167. The molecule has 7 heteroatoms. The number of carboxylic acids is 1. The highest BCUT2D eigenvalue weighted by Gasteiger charge is 2.47. The molecule has 0 aromatic rings. The second kappa shape index (κ2) is 5.03. The Morgan fingerprint density at radius 3 is 2.59 bits per heavy atom. The highest BCUT2D eigenvalue weighted by Crippen LogP contribution is 2.33. The Bertz CT molecular complexity index is 313. The lowest BCUT2D eigenvalue weighted by Crippen LogP contribution is -2.47. The molecule has 1 aliphatic rings. The lowest BCUT2D eigenvalue weighted by atomic mass is 9.77. The number of Topliss-reactive ketones (excluding diaryl/α,β-unsaturated/α-hetero) is 1. The standard InChI is InChI=1S/C10H13F3O4/c11-10(12,13)4-1-3-9(8(15)16)6-17-5-2-7(9)14/h1-6H2,(H,15,16). The molecule has 1 saturated heterocycles. The Kier molecular flexibility index (Phi) is 4.13. The molecule has 0 spiro atoms. The van der Waals surface area contributed by atoms with Gasteiger partial charge in [0.2, 0.25) is 0 Å². The average molecular weight is 254 g/mol. The number of halogens is 3. The molecule has 1 rings (SSSR count). The molecule has 1 unspecified atom stereocenters. The number of aliphatic carboxylic acids is 1. The van der Waals surface area contributed by atoms with E-state index in [1.807, 2.05) is 0 Å². The van der Waals surface area contributed by atoms with E-state index in [1.54, 1.807) is 0 Å². The average Bonchev–Trinajstić information content (AvgIpc) is 2.18. The van der Waals surface area contributed by atoms with Crippen molar-refractivity contribution in [1.29, 1.82) is 0 Å². The monoisotopic (exact) mass is 254 g/mol. The van der Waals surface area contributed by atoms with Gasteiger partial charge in [-0.05, 0) is 12.8 Å². The van der Waals surface area contributed by atoms with Crippen LogP contribution in [0, 0.1) is 5.41 Å². The van der Waals surface area contributed by atoms with Crippen LogP contribution in [0.2, 0.25) is 0 Å². The van der Waals surface area contributed by atoms with Crippen LogP contribution in [0.15, 0.2) is 0 Å². The fraction of sp³-hybridized carbons (Fsp3) is 0.800. The number of carboxylic acid groups (broad SMARTS) is 1. The van der Waals surface area contributed by atoms with Crippen molar-refractivity contribution in [3.8, 4) is 0 Å². The normalized spacial score (nSPS) is 25.9. The van der Waals surface area contributed by atoms with E-state index >= 15 is 0 Å². The van der Waals surface area contributed by atoms with E-state index in [1.165, 1.54) is 0 Å². The van der Waals surface area contributed by atoms with Gasteiger partial charge in [0.05, 0.1) is 13.2 Å². The van der Waals surface area contributed by atoms with E-state index in [4.69, 9.17) is 9.84 Å². The lowest BCUT2D eigenvalue weighted by Gasteiger charge is -2.31. The van der Waals surface area contributed by atoms with E-state index in [9.17, 15) is 22.8 Å². The zero-order valence-electron chi connectivity index (χ0n) is 9.05. The second-order valence-corrected chi connectivity index (χ2v) is 4.08. The quantitative estimate of drug-likeness (QED) is 0.777. The summed E-state index contributed by atoms with van der Waals surface area (Å²) in [5.74, 6) is -1.94. The predicted molar refractivity (Wildman–Crippen MR) is 50.4 cm³/mol. The third kappa shape index (κ3) is 3.42. The second-order valence-electron chi connectivity index (χ2n) is 4.08. The first-order chi connectivity index (χ1) is 7.78. The Balaban J connectivity index is 2.66. The predicted octanol–water partition coefficient (Wildman–Crippen LogP) is 1.78. The smallest absolute Gasteiger partial charge is 0.389 e. The largest absolute Gasteiger partial charge is 0.480 e. The molecule has 0 aromatic heterocycles. The van der Waals surface area contributed by atoms with Crippen LogP contribution in [0.1, 0.15) is 25.7 Å². The minimum atomic E-state index is -4.34. The topological polar surface area (TPSA) is 63.6 Å². The fourth-order valence-electron chi connectivity index (χ4n) is 1.82. The Labute approximate surface area is 95.7 Å². The molecule has 1 atom stereocenters. The molecule has 1 heterocycles. The van der Waals surface area contributed by atoms with E-state index in [-0.39, 0.29) is 32.5 Å². The molecular weight excluding hydrogens is 241 g/mol. The molecular formula is C10H13F3O4. The molecule has 0 aliphatic carbocycles. The number of alkyl halides is 3. The number of hydrogen-bond acceptors (Lipinski definition) is 3. The number of rotatable bonds is 4. The van der Waals surface area contributed by atoms with E-state index in [2.05, 4.69) is 0 Å². The summed E-state index contributed by atoms with van der Waals surface area (Å²) in [5.41, 5.74) is -1.79. The SMILES string of the molecule is O=C(O)C1(CCCC(F)(F)F)COCCC1=O. The number of ketones is 1. The van der Waals surface area contributed by atoms with Crippen molar-refractivity contribution in [3.05, 3.63) is 0 Å². The molecule has 0 radical (unpaired) electrons. The first-order valence-electron chi connectivity index (χ1n) is 5.19. The van der Waals surface area contributed by atoms with Gasteiger partial charge in [0.15, 0.2) is 5.78 Å². The van der Waals surface area contributed by atoms with Gasteiger partial charge >= 0.3 is 12.1 Å². The molecule has 98 valence electrons. The number of carbonyl (C=O) groups excluding carboxylic acids is 1. The fourth-order valence-corrected chi connectivity index (χ4v) is 1.82. The van der Waals surface area contributed by atoms with Crippen LogP contribution in [-0.4, -0.2) is 36.2 Å². The molecule has 1 aliphatic heterocycles. The van der Waals surface area contributed by atoms with Gasteiger partial charge < -0.3 is 9.84 Å². The van der Waals surface area contributed by atoms with Crippen LogP contribution in [-0.2, 0) is 14.3 Å². The molecule has 1 fully saturated rings. The van der Waals surface area contributed by atoms with Gasteiger partial charge in [-0.15, -0.1) is 0 Å². The highest BCUT2D eigenvalue weighted by atomic mass is 19.4. The maximum Gasteiger partial charge on any atom is 0.389 e. The molecule has 1 N–H and O–H groups in total. The summed E-state index contributed by atoms with van der Waals surface area (Å²) in [6, 6.07) is 0. The summed E-state index contributed by atoms with van der Waals surface area (Å²) in [6.07, 6.45) is -6.20. The highest BCUT2D eigenvalue weighted by molar-refractivity contribution is 6.03. The summed E-state index contributed by atoms with van der Waals surface area (Å²) in [5, 5.41) is 9.01. The summed E-state index contributed by atoms with van der Waals surface area (Å²) >= 11 is 0. The van der Waals surface area contributed by atoms with Gasteiger partial charge in [0.25, 0.3) is 0 Å². The van der Waals surface area contributed by atoms with Crippen LogP contribution in [0.4, 0.5) is 13.2 Å². The van der Waals surface area contributed by atoms with Gasteiger partial charge in [0.1, 0.15) is 5.41 Å². The molecule has 0 aromatic carbocycles. The Morgan fingerprint density at radius 1 is 1.47 bits per heavy atom. The first-order valence-corrected chi connectivity index (χ1v) is 5.19. The van der Waals surface area contributed by atoms with Crippen LogP contribution < -0.4 is 0 Å². The Hall–Kier alpha value is -1.11. The molecule has 0 saturated carbocycles. The summed E-state index contributed by atoms with van der Waals surface area (Å²) in [6.45, 7) is -0.202. The van der Waals surface area contributed by atoms with E-state index < -0.39 is 29.8 Å². The molecule has 17 heavy (non-hydrogen) atoms. The maximum atomic E-state index is 12.0. The minimum absolute atomic E-state index is 0.0572. The zero-order valence-corrected chi connectivity index (χ0v) is 9.05. The van der Waals surface area contributed by atoms with Gasteiger partial charge in [-0.25, -0.2) is 0 Å². The third-order valence-electron chi connectivity index (χ3n) is 2.83. The minimum Gasteiger partial charge on any atom is -0.480 e. The van der Waals surface area contributed by atoms with Crippen molar-refractivity contribution < 1.29 is 32.6 Å². The molecule has 0 amide bonds. The van der Waals surface area contributed by atoms with Gasteiger partial charge in [-0.1, -0.05) is 0 Å². The number of carbonyl (C=O) groups is 2. The van der Waals surface area contributed by atoms with E-state index in [0.29, 0.717) is 0 Å². The van der Waals surface area contributed by atoms with Crippen molar-refractivity contribution >= 4 is 11.8 Å². The van der Waals surface area contributed by atoms with Gasteiger partial charge in [-0.3, -0.25) is 9.59 Å². The van der Waals surface area contributed by atoms with Crippen LogP contribution in [0.5, 0.6) is 0 Å². The summed E-state index contributed by atoms with van der Waals surface area (Å²) in [4.78, 5) is 22.6. The number of ether oxygens (including phenoxy) is 1. The first kappa shape index (κ1) is 14.0. The van der Waals surface area contributed by atoms with Gasteiger partial charge in [-0.2, -0.15) is 13.2 Å². The maximum absolute atomic E-state index is 12.0. The molecule has 4 nitrogen and oxygen atoms in total. The van der Waals surface area contributed by atoms with Crippen molar-refractivity contribution in [1.82, 2.24) is 0 Å². The van der Waals surface area contributed by atoms with Crippen LogP contribution >= 0.6 is 0 Å². The molecule has 0 bridgehead atoms. The summed E-state index contributed by atoms with van der Waals surface area (Å²) < 4.78 is 40.8. The summed E-state index contributed by atoms with van der Waals surface area (Å²) in [7, 11) is 0.